The molecule has 0 aliphatic rings. The minimum Gasteiger partial charge on any atom is -0.484 e. The zero-order chi connectivity index (χ0) is 15.3. The summed E-state index contributed by atoms with van der Waals surface area (Å²) in [5.41, 5.74) is 0.468. The van der Waals surface area contributed by atoms with Crippen molar-refractivity contribution >= 4 is 17.3 Å². The van der Waals surface area contributed by atoms with Crippen LogP contribution >= 0.6 is 0 Å². The fourth-order valence-corrected chi connectivity index (χ4v) is 1.70. The Hall–Kier alpha value is -2.31. The summed E-state index contributed by atoms with van der Waals surface area (Å²) in [6, 6.07) is 4.09. The normalized spacial score (nSPS) is 12.0. The van der Waals surface area contributed by atoms with Gasteiger partial charge in [0.2, 0.25) is 0 Å². The minimum absolute atomic E-state index is 0.0443. The Morgan fingerprint density at radius 3 is 2.60 bits per heavy atom. The maximum atomic E-state index is 10.9. The fraction of sp³-hybridized carbons (Fsp3) is 0.462. The van der Waals surface area contributed by atoms with E-state index in [1.807, 2.05) is 0 Å². The number of carboxylic acids is 1. The number of carboxylic acid groups (broad SMARTS) is 1. The third-order valence-corrected chi connectivity index (χ3v) is 2.41. The van der Waals surface area contributed by atoms with E-state index >= 15 is 0 Å². The van der Waals surface area contributed by atoms with Crippen molar-refractivity contribution in [2.45, 2.75) is 39.3 Å². The highest BCUT2D eigenvalue weighted by atomic mass is 16.6. The predicted molar refractivity (Wildman–Crippen MR) is 74.2 cm³/mol. The number of hydrogen-bond acceptors (Lipinski definition) is 5. The molecule has 1 aromatic rings. The van der Waals surface area contributed by atoms with Gasteiger partial charge in [-0.2, -0.15) is 0 Å². The first-order valence-electron chi connectivity index (χ1n) is 6.23. The molecule has 0 fully saturated rings. The summed E-state index contributed by atoms with van der Waals surface area (Å²) in [6.45, 7) is 5.27. The fourth-order valence-electron chi connectivity index (χ4n) is 1.70. The van der Waals surface area contributed by atoms with Crippen LogP contribution in [0.4, 0.5) is 11.4 Å². The lowest BCUT2D eigenvalue weighted by Crippen LogP contribution is -2.19. The summed E-state index contributed by atoms with van der Waals surface area (Å²) in [6.07, 6.45) is -0.238. The third kappa shape index (κ3) is 4.75. The SMILES string of the molecule is CC(CC(=O)O)Nc1ccc([N+](=O)[O-])c(OC(C)C)c1. The van der Waals surface area contributed by atoms with Crippen molar-refractivity contribution in [3.8, 4) is 5.75 Å². The van der Waals surface area contributed by atoms with Gasteiger partial charge < -0.3 is 15.2 Å². The molecule has 0 heterocycles. The second kappa shape index (κ2) is 6.74. The van der Waals surface area contributed by atoms with Crippen LogP contribution in [-0.2, 0) is 4.79 Å². The topological polar surface area (TPSA) is 102 Å². The van der Waals surface area contributed by atoms with E-state index in [1.54, 1.807) is 20.8 Å². The standard InChI is InChI=1S/C13H18N2O5/c1-8(2)20-12-7-10(4-5-11(12)15(18)19)14-9(3)6-13(16)17/h4-5,7-9,14H,6H2,1-3H3,(H,16,17). The largest absolute Gasteiger partial charge is 0.484 e. The molecule has 0 amide bonds. The molecule has 1 aromatic carbocycles. The first-order valence-corrected chi connectivity index (χ1v) is 6.23. The van der Waals surface area contributed by atoms with E-state index in [0.717, 1.165) is 0 Å². The van der Waals surface area contributed by atoms with Crippen molar-refractivity contribution in [1.82, 2.24) is 0 Å². The summed E-state index contributed by atoms with van der Waals surface area (Å²) in [4.78, 5) is 21.0. The number of aliphatic carboxylic acids is 1. The number of carbonyl (C=O) groups is 1. The summed E-state index contributed by atoms with van der Waals surface area (Å²) in [5, 5.41) is 22.6. The smallest absolute Gasteiger partial charge is 0.311 e. The molecule has 0 saturated heterocycles. The molecule has 0 saturated carbocycles. The molecule has 1 rings (SSSR count). The van der Waals surface area contributed by atoms with Crippen molar-refractivity contribution in [3.63, 3.8) is 0 Å². The zero-order valence-corrected chi connectivity index (χ0v) is 11.6. The highest BCUT2D eigenvalue weighted by Crippen LogP contribution is 2.31. The van der Waals surface area contributed by atoms with Gasteiger partial charge in [0, 0.05) is 23.9 Å². The van der Waals surface area contributed by atoms with E-state index in [1.165, 1.54) is 18.2 Å². The van der Waals surface area contributed by atoms with E-state index in [4.69, 9.17) is 9.84 Å². The molecule has 0 aliphatic carbocycles. The van der Waals surface area contributed by atoms with Crippen molar-refractivity contribution in [2.24, 2.45) is 0 Å². The molecule has 0 aliphatic heterocycles. The van der Waals surface area contributed by atoms with Crippen LogP contribution in [0.15, 0.2) is 18.2 Å². The summed E-state index contributed by atoms with van der Waals surface area (Å²) < 4.78 is 5.41. The summed E-state index contributed by atoms with van der Waals surface area (Å²) in [5.74, 6) is -0.747. The highest BCUT2D eigenvalue weighted by Gasteiger charge is 2.17. The van der Waals surface area contributed by atoms with Gasteiger partial charge in [-0.15, -0.1) is 0 Å². The van der Waals surface area contributed by atoms with E-state index in [-0.39, 0.29) is 30.0 Å². The van der Waals surface area contributed by atoms with Crippen molar-refractivity contribution < 1.29 is 19.6 Å². The molecule has 7 nitrogen and oxygen atoms in total. The van der Waals surface area contributed by atoms with Gasteiger partial charge in [-0.1, -0.05) is 0 Å². The monoisotopic (exact) mass is 282 g/mol. The number of rotatable bonds is 7. The van der Waals surface area contributed by atoms with Crippen LogP contribution < -0.4 is 10.1 Å². The van der Waals surface area contributed by atoms with Crippen LogP contribution in [-0.4, -0.2) is 28.1 Å². The van der Waals surface area contributed by atoms with Crippen LogP contribution in [0.25, 0.3) is 0 Å². The van der Waals surface area contributed by atoms with Gasteiger partial charge in [-0.05, 0) is 26.8 Å². The Morgan fingerprint density at radius 1 is 1.45 bits per heavy atom. The van der Waals surface area contributed by atoms with Gasteiger partial charge in [0.05, 0.1) is 17.4 Å². The Labute approximate surface area is 116 Å². The molecule has 7 heteroatoms. The number of nitrogens with one attached hydrogen (secondary N) is 1. The van der Waals surface area contributed by atoms with E-state index < -0.39 is 10.9 Å². The number of nitrogens with zero attached hydrogens (tertiary/aromatic N) is 1. The quantitative estimate of drug-likeness (QED) is 0.589. The van der Waals surface area contributed by atoms with Crippen molar-refractivity contribution in [1.29, 1.82) is 0 Å². The number of ether oxygens (including phenoxy) is 1. The summed E-state index contributed by atoms with van der Waals surface area (Å²) >= 11 is 0. The molecular weight excluding hydrogens is 264 g/mol. The molecule has 20 heavy (non-hydrogen) atoms. The molecule has 0 aromatic heterocycles. The first-order chi connectivity index (χ1) is 9.29. The number of anilines is 1. The molecule has 0 spiro atoms. The molecule has 2 N–H and O–H groups in total. The van der Waals surface area contributed by atoms with E-state index in [9.17, 15) is 14.9 Å². The Kier molecular flexibility index (Phi) is 5.31. The second-order valence-electron chi connectivity index (χ2n) is 4.75. The Bertz CT molecular complexity index is 502. The first kappa shape index (κ1) is 15.7. The van der Waals surface area contributed by atoms with Crippen LogP contribution in [0, 0.1) is 10.1 Å². The van der Waals surface area contributed by atoms with Gasteiger partial charge in [0.15, 0.2) is 5.75 Å². The Morgan fingerprint density at radius 2 is 2.10 bits per heavy atom. The summed E-state index contributed by atoms with van der Waals surface area (Å²) in [7, 11) is 0. The average molecular weight is 282 g/mol. The van der Waals surface area contributed by atoms with E-state index in [0.29, 0.717) is 5.69 Å². The molecule has 0 bridgehead atoms. The Balaban J connectivity index is 2.94. The highest BCUT2D eigenvalue weighted by molar-refractivity contribution is 5.68. The number of nitro benzene ring substituents is 1. The molecule has 1 unspecified atom stereocenters. The predicted octanol–water partition coefficient (Wildman–Crippen LogP) is 2.66. The maximum absolute atomic E-state index is 10.9. The molecule has 110 valence electrons. The number of nitro groups is 1. The lowest BCUT2D eigenvalue weighted by Gasteiger charge is -2.15. The van der Waals surface area contributed by atoms with Crippen LogP contribution in [0.1, 0.15) is 27.2 Å². The van der Waals surface area contributed by atoms with E-state index in [2.05, 4.69) is 5.32 Å². The van der Waals surface area contributed by atoms with Crippen molar-refractivity contribution in [3.05, 3.63) is 28.3 Å². The van der Waals surface area contributed by atoms with Gasteiger partial charge >= 0.3 is 11.7 Å². The number of hydrogen-bond donors (Lipinski definition) is 2. The lowest BCUT2D eigenvalue weighted by molar-refractivity contribution is -0.386. The zero-order valence-electron chi connectivity index (χ0n) is 11.6. The second-order valence-corrected chi connectivity index (χ2v) is 4.75. The van der Waals surface area contributed by atoms with Gasteiger partial charge in [-0.3, -0.25) is 14.9 Å². The molecule has 1 atom stereocenters. The molecular formula is C13H18N2O5. The van der Waals surface area contributed by atoms with Gasteiger partial charge in [0.1, 0.15) is 0 Å². The average Bonchev–Trinajstić information content (AvgIpc) is 2.26. The van der Waals surface area contributed by atoms with Gasteiger partial charge in [-0.25, -0.2) is 0 Å². The van der Waals surface area contributed by atoms with Crippen LogP contribution in [0.5, 0.6) is 5.75 Å². The van der Waals surface area contributed by atoms with Crippen LogP contribution in [0.2, 0.25) is 0 Å². The third-order valence-electron chi connectivity index (χ3n) is 2.41. The minimum atomic E-state index is -0.912. The van der Waals surface area contributed by atoms with Crippen molar-refractivity contribution in [2.75, 3.05) is 5.32 Å². The van der Waals surface area contributed by atoms with Crippen LogP contribution in [0.3, 0.4) is 0 Å². The maximum Gasteiger partial charge on any atom is 0.311 e. The molecule has 0 radical (unpaired) electrons. The lowest BCUT2D eigenvalue weighted by atomic mass is 10.2. The number of benzene rings is 1. The van der Waals surface area contributed by atoms with Gasteiger partial charge in [0.25, 0.3) is 0 Å².